The SMILES string of the molecule is OCCCCCNCC(O)COCc1ccccc1. The first kappa shape index (κ1) is 16.1. The third-order valence-electron chi connectivity index (χ3n) is 2.81. The number of benzene rings is 1. The van der Waals surface area contributed by atoms with Gasteiger partial charge >= 0.3 is 0 Å². The average Bonchev–Trinajstić information content (AvgIpc) is 2.44. The topological polar surface area (TPSA) is 61.7 Å². The molecule has 0 saturated heterocycles. The summed E-state index contributed by atoms with van der Waals surface area (Å²) in [6, 6.07) is 9.93. The Morgan fingerprint density at radius 1 is 1.11 bits per heavy atom. The number of unbranched alkanes of at least 4 members (excludes halogenated alkanes) is 2. The molecule has 1 unspecified atom stereocenters. The summed E-state index contributed by atoms with van der Waals surface area (Å²) in [5.41, 5.74) is 1.12. The molecule has 0 saturated carbocycles. The number of hydrogen-bond donors (Lipinski definition) is 3. The smallest absolute Gasteiger partial charge is 0.0897 e. The van der Waals surface area contributed by atoms with Gasteiger partial charge in [0.2, 0.25) is 0 Å². The van der Waals surface area contributed by atoms with Crippen molar-refractivity contribution in [1.29, 1.82) is 0 Å². The van der Waals surface area contributed by atoms with E-state index in [-0.39, 0.29) is 6.61 Å². The Balaban J connectivity index is 1.94. The lowest BCUT2D eigenvalue weighted by Gasteiger charge is -2.12. The molecule has 0 amide bonds. The van der Waals surface area contributed by atoms with Crippen LogP contribution in [0.2, 0.25) is 0 Å². The molecule has 0 spiro atoms. The van der Waals surface area contributed by atoms with Gasteiger partial charge in [0.25, 0.3) is 0 Å². The van der Waals surface area contributed by atoms with Gasteiger partial charge in [0.15, 0.2) is 0 Å². The Bertz CT molecular complexity index is 306. The number of nitrogens with one attached hydrogen (secondary N) is 1. The number of aliphatic hydroxyl groups is 2. The summed E-state index contributed by atoms with van der Waals surface area (Å²) >= 11 is 0. The summed E-state index contributed by atoms with van der Waals surface area (Å²) in [4.78, 5) is 0. The standard InChI is InChI=1S/C15H25NO3/c17-10-6-2-5-9-16-11-15(18)13-19-12-14-7-3-1-4-8-14/h1,3-4,7-8,15-18H,2,5-6,9-13H2. The van der Waals surface area contributed by atoms with Crippen LogP contribution in [0.4, 0.5) is 0 Å². The van der Waals surface area contributed by atoms with Crippen molar-refractivity contribution in [3.63, 3.8) is 0 Å². The molecule has 4 nitrogen and oxygen atoms in total. The molecule has 0 aliphatic carbocycles. The fraction of sp³-hybridized carbons (Fsp3) is 0.600. The normalized spacial score (nSPS) is 12.5. The second-order valence-corrected chi connectivity index (χ2v) is 4.64. The highest BCUT2D eigenvalue weighted by Crippen LogP contribution is 2.00. The summed E-state index contributed by atoms with van der Waals surface area (Å²) in [5.74, 6) is 0. The first-order valence-electron chi connectivity index (χ1n) is 6.94. The van der Waals surface area contributed by atoms with Crippen LogP contribution in [-0.2, 0) is 11.3 Å². The molecule has 0 aliphatic rings. The summed E-state index contributed by atoms with van der Waals surface area (Å²) in [7, 11) is 0. The van der Waals surface area contributed by atoms with E-state index >= 15 is 0 Å². The number of hydrogen-bond acceptors (Lipinski definition) is 4. The fourth-order valence-corrected chi connectivity index (χ4v) is 1.75. The molecule has 0 fully saturated rings. The van der Waals surface area contributed by atoms with E-state index in [0.29, 0.717) is 19.8 Å². The van der Waals surface area contributed by atoms with Crippen molar-refractivity contribution in [2.75, 3.05) is 26.3 Å². The fourth-order valence-electron chi connectivity index (χ4n) is 1.75. The van der Waals surface area contributed by atoms with Crippen molar-refractivity contribution < 1.29 is 14.9 Å². The summed E-state index contributed by atoms with van der Waals surface area (Å²) in [6.07, 6.45) is 2.42. The predicted molar refractivity (Wildman–Crippen MR) is 75.9 cm³/mol. The largest absolute Gasteiger partial charge is 0.396 e. The van der Waals surface area contributed by atoms with E-state index in [4.69, 9.17) is 9.84 Å². The van der Waals surface area contributed by atoms with Gasteiger partial charge in [0.1, 0.15) is 0 Å². The molecule has 4 heteroatoms. The van der Waals surface area contributed by atoms with Gasteiger partial charge < -0.3 is 20.3 Å². The average molecular weight is 267 g/mol. The molecule has 108 valence electrons. The highest BCUT2D eigenvalue weighted by Gasteiger charge is 2.03. The van der Waals surface area contributed by atoms with Gasteiger partial charge in [-0.25, -0.2) is 0 Å². The first-order chi connectivity index (χ1) is 9.33. The van der Waals surface area contributed by atoms with Gasteiger partial charge in [0, 0.05) is 13.2 Å². The highest BCUT2D eigenvalue weighted by molar-refractivity contribution is 5.13. The zero-order valence-electron chi connectivity index (χ0n) is 11.4. The van der Waals surface area contributed by atoms with Crippen molar-refractivity contribution in [2.45, 2.75) is 32.0 Å². The molecule has 1 aromatic carbocycles. The van der Waals surface area contributed by atoms with E-state index in [1.165, 1.54) is 0 Å². The zero-order valence-corrected chi connectivity index (χ0v) is 11.4. The maximum atomic E-state index is 9.70. The van der Waals surface area contributed by atoms with Crippen LogP contribution in [0, 0.1) is 0 Å². The van der Waals surface area contributed by atoms with Crippen LogP contribution in [0.15, 0.2) is 30.3 Å². The van der Waals surface area contributed by atoms with Gasteiger partial charge in [-0.1, -0.05) is 30.3 Å². The summed E-state index contributed by atoms with van der Waals surface area (Å²) in [5, 5.41) is 21.5. The van der Waals surface area contributed by atoms with Gasteiger partial charge in [-0.05, 0) is 31.4 Å². The minimum absolute atomic E-state index is 0.260. The molecular weight excluding hydrogens is 242 g/mol. The van der Waals surface area contributed by atoms with Crippen molar-refractivity contribution in [3.05, 3.63) is 35.9 Å². The number of rotatable bonds is 11. The van der Waals surface area contributed by atoms with Crippen LogP contribution >= 0.6 is 0 Å². The molecule has 0 bridgehead atoms. The lowest BCUT2D eigenvalue weighted by atomic mass is 10.2. The van der Waals surface area contributed by atoms with Crippen molar-refractivity contribution in [3.8, 4) is 0 Å². The molecule has 1 rings (SSSR count). The Morgan fingerprint density at radius 3 is 2.63 bits per heavy atom. The van der Waals surface area contributed by atoms with E-state index in [9.17, 15) is 5.11 Å². The highest BCUT2D eigenvalue weighted by atomic mass is 16.5. The lowest BCUT2D eigenvalue weighted by Crippen LogP contribution is -2.31. The maximum absolute atomic E-state index is 9.70. The van der Waals surface area contributed by atoms with E-state index in [2.05, 4.69) is 5.32 Å². The number of ether oxygens (including phenoxy) is 1. The van der Waals surface area contributed by atoms with Crippen LogP contribution in [-0.4, -0.2) is 42.6 Å². The van der Waals surface area contributed by atoms with Crippen molar-refractivity contribution in [2.24, 2.45) is 0 Å². The Morgan fingerprint density at radius 2 is 1.89 bits per heavy atom. The van der Waals surface area contributed by atoms with Crippen LogP contribution in [0.3, 0.4) is 0 Å². The Kier molecular flexibility index (Phi) is 9.27. The molecule has 0 aromatic heterocycles. The Hall–Kier alpha value is -0.940. The van der Waals surface area contributed by atoms with Crippen molar-refractivity contribution in [1.82, 2.24) is 5.32 Å². The summed E-state index contributed by atoms with van der Waals surface area (Å²) in [6.45, 7) is 2.56. The predicted octanol–water partition coefficient (Wildman–Crippen LogP) is 1.32. The van der Waals surface area contributed by atoms with Gasteiger partial charge in [-0.3, -0.25) is 0 Å². The molecule has 1 aromatic rings. The minimum Gasteiger partial charge on any atom is -0.396 e. The number of aliphatic hydroxyl groups excluding tert-OH is 2. The minimum atomic E-state index is -0.471. The zero-order chi connectivity index (χ0) is 13.8. The van der Waals surface area contributed by atoms with E-state index in [1.807, 2.05) is 30.3 Å². The Labute approximate surface area is 115 Å². The molecule has 1 atom stereocenters. The first-order valence-corrected chi connectivity index (χ1v) is 6.94. The van der Waals surface area contributed by atoms with Crippen molar-refractivity contribution >= 4 is 0 Å². The van der Waals surface area contributed by atoms with E-state index < -0.39 is 6.10 Å². The summed E-state index contributed by atoms with van der Waals surface area (Å²) < 4.78 is 5.45. The molecule has 0 radical (unpaired) electrons. The maximum Gasteiger partial charge on any atom is 0.0897 e. The van der Waals surface area contributed by atoms with Crippen LogP contribution in [0.1, 0.15) is 24.8 Å². The molecule has 0 heterocycles. The van der Waals surface area contributed by atoms with Crippen LogP contribution in [0.25, 0.3) is 0 Å². The second-order valence-electron chi connectivity index (χ2n) is 4.64. The molecule has 0 aliphatic heterocycles. The van der Waals surface area contributed by atoms with Gasteiger partial charge in [-0.2, -0.15) is 0 Å². The monoisotopic (exact) mass is 267 g/mol. The molecule has 19 heavy (non-hydrogen) atoms. The van der Waals surface area contributed by atoms with Crippen LogP contribution < -0.4 is 5.32 Å². The third-order valence-corrected chi connectivity index (χ3v) is 2.81. The lowest BCUT2D eigenvalue weighted by molar-refractivity contribution is 0.0289. The molecular formula is C15H25NO3. The third kappa shape index (κ3) is 8.72. The van der Waals surface area contributed by atoms with E-state index in [0.717, 1.165) is 31.4 Å². The quantitative estimate of drug-likeness (QED) is 0.529. The van der Waals surface area contributed by atoms with Gasteiger partial charge in [-0.15, -0.1) is 0 Å². The van der Waals surface area contributed by atoms with E-state index in [1.54, 1.807) is 0 Å². The molecule has 3 N–H and O–H groups in total. The van der Waals surface area contributed by atoms with Crippen LogP contribution in [0.5, 0.6) is 0 Å². The second kappa shape index (κ2) is 10.9. The van der Waals surface area contributed by atoms with Gasteiger partial charge in [0.05, 0.1) is 19.3 Å².